The van der Waals surface area contributed by atoms with E-state index >= 15 is 0 Å². The van der Waals surface area contributed by atoms with Crippen molar-refractivity contribution in [1.29, 1.82) is 0 Å². The largest absolute Gasteiger partial charge is 0.0715 e. The van der Waals surface area contributed by atoms with Gasteiger partial charge in [0.25, 0.3) is 0 Å². The lowest BCUT2D eigenvalue weighted by Gasteiger charge is -2.07. The molecule has 0 saturated carbocycles. The van der Waals surface area contributed by atoms with Crippen LogP contribution >= 0.6 is 0 Å². The highest BCUT2D eigenvalue weighted by atomic mass is 28.3. The van der Waals surface area contributed by atoms with Crippen molar-refractivity contribution in [2.24, 2.45) is 0 Å². The average molecular weight is 255 g/mol. The Bertz CT molecular complexity index is 469. The van der Waals surface area contributed by atoms with Gasteiger partial charge in [-0.05, 0) is 36.1 Å². The quantitative estimate of drug-likeness (QED) is 0.603. The van der Waals surface area contributed by atoms with Crippen LogP contribution < -0.4 is 0 Å². The van der Waals surface area contributed by atoms with Crippen LogP contribution in [0, 0.1) is 13.8 Å². The molecule has 0 nitrogen and oxygen atoms in total. The third-order valence-electron chi connectivity index (χ3n) is 2.69. The zero-order valence-electron chi connectivity index (χ0n) is 12.1. The summed E-state index contributed by atoms with van der Waals surface area (Å²) >= 11 is 0. The molecule has 18 heavy (non-hydrogen) atoms. The minimum atomic E-state index is 0.120. The highest BCUT2D eigenvalue weighted by Gasteiger charge is 2.01. The first-order valence-electron chi connectivity index (χ1n) is 6.40. The van der Waals surface area contributed by atoms with Crippen LogP contribution in [0.5, 0.6) is 0 Å². The van der Waals surface area contributed by atoms with Crippen LogP contribution in [0.4, 0.5) is 0 Å². The van der Waals surface area contributed by atoms with Crippen molar-refractivity contribution in [3.8, 4) is 11.1 Å². The van der Waals surface area contributed by atoms with Crippen LogP contribution in [0.25, 0.3) is 11.1 Å². The van der Waals surface area contributed by atoms with Gasteiger partial charge in [-0.2, -0.15) is 0 Å². The van der Waals surface area contributed by atoms with E-state index in [-0.39, 0.29) is 8.80 Å². The molecule has 0 aromatic heterocycles. The molecular formula is C17H23Si. The molecule has 2 aromatic rings. The Balaban J connectivity index is 0.000000357. The number of hydrogen-bond acceptors (Lipinski definition) is 0. The van der Waals surface area contributed by atoms with E-state index in [9.17, 15) is 0 Å². The van der Waals surface area contributed by atoms with Crippen LogP contribution in [-0.2, 0) is 0 Å². The molecule has 0 aliphatic carbocycles. The van der Waals surface area contributed by atoms with Gasteiger partial charge in [0.2, 0.25) is 0 Å². The first-order valence-corrected chi connectivity index (χ1v) is 9.40. The zero-order valence-corrected chi connectivity index (χ0v) is 13.1. The lowest BCUT2D eigenvalue weighted by molar-refractivity contribution is 1.34. The first-order chi connectivity index (χ1) is 8.52. The summed E-state index contributed by atoms with van der Waals surface area (Å²) in [5.74, 6) is 0. The molecule has 1 heteroatoms. The number of hydrogen-bond donors (Lipinski definition) is 0. The Labute approximate surface area is 113 Å². The van der Waals surface area contributed by atoms with E-state index in [4.69, 9.17) is 0 Å². The summed E-state index contributed by atoms with van der Waals surface area (Å²) in [7, 11) is 0.120. The summed E-state index contributed by atoms with van der Waals surface area (Å²) in [6.07, 6.45) is 0. The second kappa shape index (κ2) is 7.17. The molecule has 0 aliphatic rings. The third kappa shape index (κ3) is 4.50. The lowest BCUT2D eigenvalue weighted by Crippen LogP contribution is -1.85. The number of aryl methyl sites for hydroxylation is 1. The summed E-state index contributed by atoms with van der Waals surface area (Å²) in [6, 6.07) is 17.0. The summed E-state index contributed by atoms with van der Waals surface area (Å²) < 4.78 is 0. The molecule has 95 valence electrons. The fourth-order valence-corrected chi connectivity index (χ4v) is 1.68. The normalized spacial score (nSPS) is 9.89. The van der Waals surface area contributed by atoms with Crippen LogP contribution in [0.1, 0.15) is 11.1 Å². The van der Waals surface area contributed by atoms with Crippen molar-refractivity contribution < 1.29 is 0 Å². The van der Waals surface area contributed by atoms with Crippen molar-refractivity contribution in [1.82, 2.24) is 0 Å². The van der Waals surface area contributed by atoms with Gasteiger partial charge >= 0.3 is 0 Å². The molecule has 0 fully saturated rings. The van der Waals surface area contributed by atoms with Gasteiger partial charge in [0, 0.05) is 8.80 Å². The molecular weight excluding hydrogens is 232 g/mol. The molecule has 0 amide bonds. The molecule has 2 aromatic carbocycles. The summed E-state index contributed by atoms with van der Waals surface area (Å²) in [5, 5.41) is 0. The van der Waals surface area contributed by atoms with Gasteiger partial charge in [-0.25, -0.2) is 0 Å². The minimum absolute atomic E-state index is 0.120. The van der Waals surface area contributed by atoms with E-state index in [1.807, 2.05) is 0 Å². The Hall–Kier alpha value is -1.34. The Morgan fingerprint density at radius 2 is 1.28 bits per heavy atom. The fraction of sp³-hybridized carbons (Fsp3) is 0.294. The zero-order chi connectivity index (χ0) is 13.5. The van der Waals surface area contributed by atoms with E-state index in [0.717, 1.165) is 0 Å². The van der Waals surface area contributed by atoms with Crippen molar-refractivity contribution in [2.75, 3.05) is 0 Å². The smallest absolute Gasteiger partial charge is 0.0379 e. The van der Waals surface area contributed by atoms with E-state index in [1.165, 1.54) is 22.3 Å². The summed E-state index contributed by atoms with van der Waals surface area (Å²) in [6.45, 7) is 11.1. The van der Waals surface area contributed by atoms with Gasteiger partial charge < -0.3 is 0 Å². The average Bonchev–Trinajstić information content (AvgIpc) is 2.33. The maximum absolute atomic E-state index is 2.27. The third-order valence-corrected chi connectivity index (χ3v) is 2.69. The lowest BCUT2D eigenvalue weighted by atomic mass is 9.97. The maximum atomic E-state index is 2.27. The van der Waals surface area contributed by atoms with Gasteiger partial charge in [0.1, 0.15) is 0 Å². The molecule has 0 spiro atoms. The van der Waals surface area contributed by atoms with Gasteiger partial charge in [0.05, 0.1) is 0 Å². The molecule has 0 atom stereocenters. The molecule has 0 saturated heterocycles. The standard InChI is InChI=1S/C14H14.C3H9Si/c1-11-7-6-10-14(12(11)2)13-8-4-3-5-9-13;1-4(2)3/h3-10H,1-2H3;1-3H3. The van der Waals surface area contributed by atoms with Gasteiger partial charge in [0.15, 0.2) is 0 Å². The van der Waals surface area contributed by atoms with Crippen LogP contribution in [0.3, 0.4) is 0 Å². The van der Waals surface area contributed by atoms with Crippen molar-refractivity contribution >= 4 is 8.80 Å². The van der Waals surface area contributed by atoms with E-state index in [2.05, 4.69) is 82.0 Å². The number of benzene rings is 2. The highest BCUT2D eigenvalue weighted by Crippen LogP contribution is 2.24. The van der Waals surface area contributed by atoms with E-state index in [0.29, 0.717) is 0 Å². The fourth-order valence-electron chi connectivity index (χ4n) is 1.68. The van der Waals surface area contributed by atoms with Crippen molar-refractivity contribution in [3.63, 3.8) is 0 Å². The van der Waals surface area contributed by atoms with E-state index in [1.54, 1.807) is 0 Å². The second-order valence-corrected chi connectivity index (χ2v) is 8.11. The van der Waals surface area contributed by atoms with Crippen LogP contribution in [0.15, 0.2) is 48.5 Å². The highest BCUT2D eigenvalue weighted by molar-refractivity contribution is 6.54. The van der Waals surface area contributed by atoms with Crippen molar-refractivity contribution in [2.45, 2.75) is 33.5 Å². The predicted molar refractivity (Wildman–Crippen MR) is 84.7 cm³/mol. The molecule has 0 unspecified atom stereocenters. The monoisotopic (exact) mass is 255 g/mol. The molecule has 0 aliphatic heterocycles. The molecule has 1 radical (unpaired) electrons. The molecule has 2 rings (SSSR count). The van der Waals surface area contributed by atoms with Crippen LogP contribution in [0.2, 0.25) is 19.6 Å². The van der Waals surface area contributed by atoms with Crippen molar-refractivity contribution in [3.05, 3.63) is 59.7 Å². The topological polar surface area (TPSA) is 0 Å². The van der Waals surface area contributed by atoms with Gasteiger partial charge in [-0.15, -0.1) is 0 Å². The molecule has 0 heterocycles. The number of rotatable bonds is 1. The Kier molecular flexibility index (Phi) is 5.86. The van der Waals surface area contributed by atoms with Gasteiger partial charge in [-0.1, -0.05) is 68.2 Å². The SMILES string of the molecule is C[Si](C)C.Cc1cccc(-c2ccccc2)c1C. The van der Waals surface area contributed by atoms with E-state index < -0.39 is 0 Å². The van der Waals surface area contributed by atoms with Gasteiger partial charge in [-0.3, -0.25) is 0 Å². The predicted octanol–water partition coefficient (Wildman–Crippen LogP) is 5.34. The summed E-state index contributed by atoms with van der Waals surface area (Å²) in [5.41, 5.74) is 5.37. The maximum Gasteiger partial charge on any atom is 0.0379 e. The first kappa shape index (κ1) is 14.7. The second-order valence-electron chi connectivity index (χ2n) is 5.11. The Morgan fingerprint density at radius 3 is 1.83 bits per heavy atom. The molecule has 0 bridgehead atoms. The summed E-state index contributed by atoms with van der Waals surface area (Å²) in [4.78, 5) is 0. The minimum Gasteiger partial charge on any atom is -0.0715 e. The Morgan fingerprint density at radius 1 is 0.722 bits per heavy atom. The van der Waals surface area contributed by atoms with Crippen LogP contribution in [-0.4, -0.2) is 8.80 Å². The molecule has 0 N–H and O–H groups in total.